The van der Waals surface area contributed by atoms with E-state index in [2.05, 4.69) is 10.6 Å². The normalized spacial score (nSPS) is 10.0. The molecule has 0 saturated heterocycles. The summed E-state index contributed by atoms with van der Waals surface area (Å²) in [5.41, 5.74) is 0.448. The Balaban J connectivity index is 2.77. The number of carbonyl (C=O) groups excluding carboxylic acids is 1. The van der Waals surface area contributed by atoms with Crippen molar-refractivity contribution in [2.75, 3.05) is 25.5 Å². The van der Waals surface area contributed by atoms with Crippen LogP contribution in [0.5, 0.6) is 5.75 Å². The van der Waals surface area contributed by atoms with Crippen molar-refractivity contribution in [1.29, 1.82) is 0 Å². The van der Waals surface area contributed by atoms with Gasteiger partial charge in [0.2, 0.25) is 5.91 Å². The van der Waals surface area contributed by atoms with E-state index in [1.165, 1.54) is 25.3 Å². The highest BCUT2D eigenvalue weighted by Gasteiger charge is 2.11. The average molecular weight is 266 g/mol. The molecular weight excluding hydrogens is 248 g/mol. The second-order valence-electron chi connectivity index (χ2n) is 3.95. The van der Waals surface area contributed by atoms with Crippen LogP contribution in [0, 0.1) is 0 Å². The molecule has 0 unspecified atom stereocenters. The average Bonchev–Trinajstić information content (AvgIpc) is 2.38. The molecule has 0 bridgehead atoms. The van der Waals surface area contributed by atoms with Gasteiger partial charge in [-0.3, -0.25) is 4.79 Å². The van der Waals surface area contributed by atoms with Crippen LogP contribution in [0.1, 0.15) is 23.7 Å². The number of amides is 1. The van der Waals surface area contributed by atoms with Gasteiger partial charge in [0.1, 0.15) is 5.75 Å². The Morgan fingerprint density at radius 2 is 2.11 bits per heavy atom. The molecule has 1 rings (SSSR count). The van der Waals surface area contributed by atoms with E-state index in [1.54, 1.807) is 0 Å². The maximum absolute atomic E-state index is 11.7. The minimum Gasteiger partial charge on any atom is -0.495 e. The van der Waals surface area contributed by atoms with Crippen LogP contribution in [-0.4, -0.2) is 37.2 Å². The molecule has 19 heavy (non-hydrogen) atoms. The van der Waals surface area contributed by atoms with Crippen molar-refractivity contribution < 1.29 is 19.4 Å². The fourth-order valence-corrected chi connectivity index (χ4v) is 1.51. The summed E-state index contributed by atoms with van der Waals surface area (Å²) in [7, 11) is 1.46. The van der Waals surface area contributed by atoms with Gasteiger partial charge in [-0.05, 0) is 31.2 Å². The Morgan fingerprint density at radius 1 is 1.37 bits per heavy atom. The molecule has 0 fully saturated rings. The van der Waals surface area contributed by atoms with E-state index in [1.807, 2.05) is 6.92 Å². The monoisotopic (exact) mass is 266 g/mol. The maximum atomic E-state index is 11.7. The zero-order valence-corrected chi connectivity index (χ0v) is 11.0. The predicted octanol–water partition coefficient (Wildman–Crippen LogP) is 1.33. The Morgan fingerprint density at radius 3 is 2.68 bits per heavy atom. The number of aromatic carboxylic acids is 1. The summed E-state index contributed by atoms with van der Waals surface area (Å²) in [6.07, 6.45) is 0.936. The molecule has 3 N–H and O–H groups in total. The molecule has 0 spiro atoms. The van der Waals surface area contributed by atoms with Gasteiger partial charge in [-0.25, -0.2) is 4.79 Å². The van der Waals surface area contributed by atoms with E-state index in [-0.39, 0.29) is 18.0 Å². The Kier molecular flexibility index (Phi) is 5.81. The van der Waals surface area contributed by atoms with Gasteiger partial charge in [-0.15, -0.1) is 0 Å². The number of carboxylic acids is 1. The van der Waals surface area contributed by atoms with Crippen LogP contribution in [0.4, 0.5) is 5.69 Å². The SMILES string of the molecule is CCCNCC(=O)Nc1cc(C(=O)O)ccc1OC. The van der Waals surface area contributed by atoms with Crippen molar-refractivity contribution in [1.82, 2.24) is 5.32 Å². The topological polar surface area (TPSA) is 87.7 Å². The van der Waals surface area contributed by atoms with Crippen molar-refractivity contribution in [2.45, 2.75) is 13.3 Å². The minimum atomic E-state index is -1.05. The van der Waals surface area contributed by atoms with Crippen molar-refractivity contribution in [2.24, 2.45) is 0 Å². The van der Waals surface area contributed by atoms with E-state index in [0.29, 0.717) is 11.4 Å². The number of carboxylic acid groups (broad SMARTS) is 1. The Hall–Kier alpha value is -2.08. The number of rotatable bonds is 7. The lowest BCUT2D eigenvalue weighted by Gasteiger charge is -2.11. The molecule has 104 valence electrons. The molecule has 1 aromatic rings. The van der Waals surface area contributed by atoms with Gasteiger partial charge < -0.3 is 20.5 Å². The second kappa shape index (κ2) is 7.38. The zero-order valence-electron chi connectivity index (χ0n) is 11.0. The lowest BCUT2D eigenvalue weighted by molar-refractivity contribution is -0.115. The number of benzene rings is 1. The van der Waals surface area contributed by atoms with Crippen LogP contribution in [-0.2, 0) is 4.79 Å². The highest BCUT2D eigenvalue weighted by Crippen LogP contribution is 2.25. The third kappa shape index (κ3) is 4.59. The first-order valence-corrected chi connectivity index (χ1v) is 6.00. The van der Waals surface area contributed by atoms with E-state index in [9.17, 15) is 9.59 Å². The zero-order chi connectivity index (χ0) is 14.3. The molecule has 0 aliphatic carbocycles. The molecule has 6 heteroatoms. The molecular formula is C13H18N2O4. The Labute approximate surface area is 111 Å². The van der Waals surface area contributed by atoms with Crippen LogP contribution in [0.2, 0.25) is 0 Å². The van der Waals surface area contributed by atoms with Crippen LogP contribution in [0.3, 0.4) is 0 Å². The number of hydrogen-bond acceptors (Lipinski definition) is 4. The maximum Gasteiger partial charge on any atom is 0.335 e. The van der Waals surface area contributed by atoms with Crippen LogP contribution < -0.4 is 15.4 Å². The summed E-state index contributed by atoms with van der Waals surface area (Å²) in [5, 5.41) is 14.5. The molecule has 0 radical (unpaired) electrons. The van der Waals surface area contributed by atoms with Crippen molar-refractivity contribution in [3.63, 3.8) is 0 Å². The van der Waals surface area contributed by atoms with Gasteiger partial charge in [0.15, 0.2) is 0 Å². The Bertz CT molecular complexity index is 460. The van der Waals surface area contributed by atoms with Crippen LogP contribution >= 0.6 is 0 Å². The number of methoxy groups -OCH3 is 1. The quantitative estimate of drug-likeness (QED) is 0.648. The number of hydrogen-bond donors (Lipinski definition) is 3. The van der Waals surface area contributed by atoms with Gasteiger partial charge >= 0.3 is 5.97 Å². The first-order valence-electron chi connectivity index (χ1n) is 6.00. The molecule has 1 amide bonds. The molecule has 1 aromatic carbocycles. The van der Waals surface area contributed by atoms with E-state index in [0.717, 1.165) is 13.0 Å². The summed E-state index contributed by atoms with van der Waals surface area (Å²) >= 11 is 0. The number of ether oxygens (including phenoxy) is 1. The number of carbonyl (C=O) groups is 2. The third-order valence-corrected chi connectivity index (χ3v) is 2.43. The van der Waals surface area contributed by atoms with Gasteiger partial charge in [-0.1, -0.05) is 6.92 Å². The summed E-state index contributed by atoms with van der Waals surface area (Å²) in [5.74, 6) is -0.870. The standard InChI is InChI=1S/C13H18N2O4/c1-3-6-14-8-12(16)15-10-7-9(13(17)18)4-5-11(10)19-2/h4-5,7,14H,3,6,8H2,1-2H3,(H,15,16)(H,17,18). The molecule has 0 heterocycles. The van der Waals surface area contributed by atoms with Crippen molar-refractivity contribution in [3.05, 3.63) is 23.8 Å². The largest absolute Gasteiger partial charge is 0.495 e. The molecule has 0 atom stereocenters. The van der Waals surface area contributed by atoms with E-state index in [4.69, 9.17) is 9.84 Å². The molecule has 6 nitrogen and oxygen atoms in total. The summed E-state index contributed by atoms with van der Waals surface area (Å²) in [6, 6.07) is 4.31. The lowest BCUT2D eigenvalue weighted by Crippen LogP contribution is -2.28. The minimum absolute atomic E-state index is 0.0950. The van der Waals surface area contributed by atoms with Gasteiger partial charge in [0.25, 0.3) is 0 Å². The van der Waals surface area contributed by atoms with E-state index >= 15 is 0 Å². The van der Waals surface area contributed by atoms with Crippen molar-refractivity contribution in [3.8, 4) is 5.75 Å². The smallest absolute Gasteiger partial charge is 0.335 e. The first kappa shape index (κ1) is 15.0. The first-order chi connectivity index (χ1) is 9.08. The highest BCUT2D eigenvalue weighted by atomic mass is 16.5. The number of anilines is 1. The predicted molar refractivity (Wildman–Crippen MR) is 71.7 cm³/mol. The number of nitrogens with one attached hydrogen (secondary N) is 2. The molecule has 0 aromatic heterocycles. The fourth-order valence-electron chi connectivity index (χ4n) is 1.51. The molecule has 0 saturated carbocycles. The molecule has 0 aliphatic rings. The second-order valence-corrected chi connectivity index (χ2v) is 3.95. The van der Waals surface area contributed by atoms with Crippen LogP contribution in [0.25, 0.3) is 0 Å². The third-order valence-electron chi connectivity index (χ3n) is 2.43. The summed E-state index contributed by atoms with van der Waals surface area (Å²) in [6.45, 7) is 2.93. The van der Waals surface area contributed by atoms with Gasteiger partial charge in [0.05, 0.1) is 24.9 Å². The summed E-state index contributed by atoms with van der Waals surface area (Å²) in [4.78, 5) is 22.5. The molecule has 0 aliphatic heterocycles. The highest BCUT2D eigenvalue weighted by molar-refractivity contribution is 5.96. The summed E-state index contributed by atoms with van der Waals surface area (Å²) < 4.78 is 5.08. The van der Waals surface area contributed by atoms with Gasteiger partial charge in [0, 0.05) is 0 Å². The van der Waals surface area contributed by atoms with Crippen molar-refractivity contribution >= 4 is 17.6 Å². The lowest BCUT2D eigenvalue weighted by atomic mass is 10.2. The van der Waals surface area contributed by atoms with Gasteiger partial charge in [-0.2, -0.15) is 0 Å². The van der Waals surface area contributed by atoms with E-state index < -0.39 is 5.97 Å². The van der Waals surface area contributed by atoms with Crippen LogP contribution in [0.15, 0.2) is 18.2 Å². The fraction of sp³-hybridized carbons (Fsp3) is 0.385.